The van der Waals surface area contributed by atoms with Gasteiger partial charge in [0.1, 0.15) is 5.75 Å². The van der Waals surface area contributed by atoms with E-state index in [4.69, 9.17) is 4.74 Å². The average Bonchev–Trinajstić information content (AvgIpc) is 2.74. The molecule has 0 aromatic heterocycles. The molecule has 0 unspecified atom stereocenters. The molecular formula is C13H16N2O. The molecule has 0 spiro atoms. The third-order valence-corrected chi connectivity index (χ3v) is 2.87. The SMILES string of the molecule is C=Nc1ccc(OC)cc1C1=C(C)CCN1. The second kappa shape index (κ2) is 4.39. The standard InChI is InChI=1S/C13H16N2O/c1-9-6-7-15-13(9)11-8-10(16-3)4-5-12(11)14-2/h4-5,8,15H,2,6-7H2,1,3H3. The minimum atomic E-state index is 0.844. The maximum Gasteiger partial charge on any atom is 0.119 e. The van der Waals surface area contributed by atoms with Crippen molar-refractivity contribution in [1.82, 2.24) is 5.32 Å². The number of aliphatic imine (C=N–C) groups is 1. The van der Waals surface area contributed by atoms with Crippen molar-refractivity contribution in [2.24, 2.45) is 4.99 Å². The van der Waals surface area contributed by atoms with Crippen LogP contribution in [0.15, 0.2) is 28.8 Å². The molecule has 1 aromatic rings. The fraction of sp³-hybridized carbons (Fsp3) is 0.308. The highest BCUT2D eigenvalue weighted by Gasteiger charge is 2.15. The predicted molar refractivity (Wildman–Crippen MR) is 67.4 cm³/mol. The molecule has 84 valence electrons. The van der Waals surface area contributed by atoms with Crippen LogP contribution in [0.3, 0.4) is 0 Å². The van der Waals surface area contributed by atoms with Crippen LogP contribution < -0.4 is 10.1 Å². The van der Waals surface area contributed by atoms with Gasteiger partial charge in [-0.2, -0.15) is 0 Å². The molecule has 0 fully saturated rings. The second-order valence-corrected chi connectivity index (χ2v) is 3.87. The van der Waals surface area contributed by atoms with Crippen molar-refractivity contribution in [3.05, 3.63) is 29.3 Å². The number of methoxy groups -OCH3 is 1. The fourth-order valence-electron chi connectivity index (χ4n) is 1.96. The molecule has 2 rings (SSSR count). The summed E-state index contributed by atoms with van der Waals surface area (Å²) in [4.78, 5) is 4.05. The normalized spacial score (nSPS) is 14.9. The highest BCUT2D eigenvalue weighted by molar-refractivity contribution is 5.78. The summed E-state index contributed by atoms with van der Waals surface area (Å²) in [7, 11) is 1.67. The summed E-state index contributed by atoms with van der Waals surface area (Å²) in [6.45, 7) is 6.74. The van der Waals surface area contributed by atoms with E-state index < -0.39 is 0 Å². The fourth-order valence-corrected chi connectivity index (χ4v) is 1.96. The van der Waals surface area contributed by atoms with E-state index in [2.05, 4.69) is 24.0 Å². The summed E-state index contributed by atoms with van der Waals surface area (Å²) in [5, 5.41) is 3.38. The first-order chi connectivity index (χ1) is 7.76. The highest BCUT2D eigenvalue weighted by Crippen LogP contribution is 2.33. The minimum absolute atomic E-state index is 0.844. The van der Waals surface area contributed by atoms with E-state index in [1.165, 1.54) is 11.3 Å². The average molecular weight is 216 g/mol. The molecule has 0 saturated carbocycles. The molecule has 1 heterocycles. The summed E-state index contributed by atoms with van der Waals surface area (Å²) >= 11 is 0. The molecule has 0 atom stereocenters. The van der Waals surface area contributed by atoms with E-state index in [1.54, 1.807) is 7.11 Å². The molecule has 0 amide bonds. The Hall–Kier alpha value is -1.77. The quantitative estimate of drug-likeness (QED) is 0.788. The maximum absolute atomic E-state index is 5.24. The molecule has 3 heteroatoms. The summed E-state index contributed by atoms with van der Waals surface area (Å²) in [5.74, 6) is 0.844. The number of benzene rings is 1. The lowest BCUT2D eigenvalue weighted by Gasteiger charge is -2.11. The summed E-state index contributed by atoms with van der Waals surface area (Å²) in [6.07, 6.45) is 1.09. The van der Waals surface area contributed by atoms with Gasteiger partial charge in [-0.15, -0.1) is 0 Å². The van der Waals surface area contributed by atoms with Gasteiger partial charge in [0.15, 0.2) is 0 Å². The van der Waals surface area contributed by atoms with Crippen LogP contribution in [-0.4, -0.2) is 20.4 Å². The van der Waals surface area contributed by atoms with E-state index in [0.29, 0.717) is 0 Å². The second-order valence-electron chi connectivity index (χ2n) is 3.87. The smallest absolute Gasteiger partial charge is 0.119 e. The van der Waals surface area contributed by atoms with Gasteiger partial charge in [0.05, 0.1) is 12.8 Å². The van der Waals surface area contributed by atoms with Gasteiger partial charge in [0.2, 0.25) is 0 Å². The Balaban J connectivity index is 2.52. The van der Waals surface area contributed by atoms with Crippen LogP contribution in [0, 0.1) is 0 Å². The van der Waals surface area contributed by atoms with Crippen molar-refractivity contribution in [2.45, 2.75) is 13.3 Å². The molecule has 1 aromatic carbocycles. The molecule has 1 N–H and O–H groups in total. The summed E-state index contributed by atoms with van der Waals surface area (Å²) in [5.41, 5.74) is 4.49. The minimum Gasteiger partial charge on any atom is -0.497 e. The maximum atomic E-state index is 5.24. The van der Waals surface area contributed by atoms with Gasteiger partial charge in [0, 0.05) is 17.8 Å². The van der Waals surface area contributed by atoms with Crippen LogP contribution in [0.2, 0.25) is 0 Å². The number of hydrogen-bond acceptors (Lipinski definition) is 3. The third kappa shape index (κ3) is 1.81. The molecule has 0 radical (unpaired) electrons. The zero-order valence-corrected chi connectivity index (χ0v) is 9.71. The van der Waals surface area contributed by atoms with Crippen molar-refractivity contribution in [3.8, 4) is 5.75 Å². The van der Waals surface area contributed by atoms with Crippen molar-refractivity contribution in [1.29, 1.82) is 0 Å². The third-order valence-electron chi connectivity index (χ3n) is 2.87. The van der Waals surface area contributed by atoms with Crippen molar-refractivity contribution >= 4 is 18.1 Å². The Morgan fingerprint density at radius 3 is 2.81 bits per heavy atom. The number of rotatable bonds is 3. The number of nitrogens with zero attached hydrogens (tertiary/aromatic N) is 1. The largest absolute Gasteiger partial charge is 0.497 e. The van der Waals surface area contributed by atoms with Crippen LogP contribution in [0.4, 0.5) is 5.69 Å². The Morgan fingerprint density at radius 2 is 2.25 bits per heavy atom. The Kier molecular flexibility index (Phi) is 2.95. The van der Waals surface area contributed by atoms with E-state index in [-0.39, 0.29) is 0 Å². The number of nitrogens with one attached hydrogen (secondary N) is 1. The van der Waals surface area contributed by atoms with Gasteiger partial charge in [0.25, 0.3) is 0 Å². The van der Waals surface area contributed by atoms with E-state index >= 15 is 0 Å². The van der Waals surface area contributed by atoms with Gasteiger partial charge >= 0.3 is 0 Å². The lowest BCUT2D eigenvalue weighted by atomic mass is 10.1. The molecular weight excluding hydrogens is 200 g/mol. The van der Waals surface area contributed by atoms with Crippen LogP contribution >= 0.6 is 0 Å². The van der Waals surface area contributed by atoms with E-state index in [1.807, 2.05) is 18.2 Å². The lowest BCUT2D eigenvalue weighted by Crippen LogP contribution is -2.06. The van der Waals surface area contributed by atoms with Crippen LogP contribution in [0.1, 0.15) is 18.9 Å². The zero-order valence-electron chi connectivity index (χ0n) is 9.71. The van der Waals surface area contributed by atoms with Crippen LogP contribution in [-0.2, 0) is 0 Å². The Morgan fingerprint density at radius 1 is 1.44 bits per heavy atom. The van der Waals surface area contributed by atoms with Gasteiger partial charge in [-0.05, 0) is 43.8 Å². The molecule has 0 aliphatic carbocycles. The summed E-state index contributed by atoms with van der Waals surface area (Å²) < 4.78 is 5.24. The first kappa shape index (κ1) is 10.7. The van der Waals surface area contributed by atoms with Gasteiger partial charge in [-0.25, -0.2) is 0 Å². The molecule has 16 heavy (non-hydrogen) atoms. The predicted octanol–water partition coefficient (Wildman–Crippen LogP) is 2.75. The first-order valence-electron chi connectivity index (χ1n) is 5.35. The van der Waals surface area contributed by atoms with Gasteiger partial charge in [-0.3, -0.25) is 4.99 Å². The van der Waals surface area contributed by atoms with Crippen molar-refractivity contribution < 1.29 is 4.74 Å². The topological polar surface area (TPSA) is 33.6 Å². The Bertz CT molecular complexity index is 449. The molecule has 0 bridgehead atoms. The summed E-state index contributed by atoms with van der Waals surface area (Å²) in [6, 6.07) is 5.83. The van der Waals surface area contributed by atoms with Crippen LogP contribution in [0.25, 0.3) is 5.70 Å². The first-order valence-corrected chi connectivity index (χ1v) is 5.35. The van der Waals surface area contributed by atoms with Crippen molar-refractivity contribution in [2.75, 3.05) is 13.7 Å². The number of ether oxygens (including phenoxy) is 1. The van der Waals surface area contributed by atoms with E-state index in [9.17, 15) is 0 Å². The van der Waals surface area contributed by atoms with Crippen LogP contribution in [0.5, 0.6) is 5.75 Å². The molecule has 3 nitrogen and oxygen atoms in total. The van der Waals surface area contributed by atoms with Gasteiger partial charge < -0.3 is 10.1 Å². The molecule has 1 aliphatic rings. The lowest BCUT2D eigenvalue weighted by molar-refractivity contribution is 0.414. The van der Waals surface area contributed by atoms with Gasteiger partial charge in [-0.1, -0.05) is 0 Å². The monoisotopic (exact) mass is 216 g/mol. The van der Waals surface area contributed by atoms with E-state index in [0.717, 1.165) is 30.0 Å². The molecule has 1 aliphatic heterocycles. The zero-order chi connectivity index (χ0) is 11.5. The Labute approximate surface area is 95.8 Å². The van der Waals surface area contributed by atoms with Crippen molar-refractivity contribution in [3.63, 3.8) is 0 Å². The molecule has 0 saturated heterocycles. The number of hydrogen-bond donors (Lipinski definition) is 1. The highest BCUT2D eigenvalue weighted by atomic mass is 16.5.